The predicted molar refractivity (Wildman–Crippen MR) is 84.8 cm³/mol. The van der Waals surface area contributed by atoms with E-state index >= 15 is 0 Å². The minimum Gasteiger partial charge on any atom is -0.388 e. The Bertz CT molecular complexity index is 524. The van der Waals surface area contributed by atoms with Crippen LogP contribution >= 0.6 is 0 Å². The van der Waals surface area contributed by atoms with E-state index in [9.17, 15) is 8.42 Å². The van der Waals surface area contributed by atoms with Crippen LogP contribution in [0.1, 0.15) is 37.8 Å². The van der Waals surface area contributed by atoms with Crippen LogP contribution in [0.15, 0.2) is 17.0 Å². The first-order valence-corrected chi connectivity index (χ1v) is 8.61. The summed E-state index contributed by atoms with van der Waals surface area (Å²) >= 11 is 0. The summed E-state index contributed by atoms with van der Waals surface area (Å²) in [5.41, 5.74) is 2.54. The van der Waals surface area contributed by atoms with Gasteiger partial charge in [-0.1, -0.05) is 13.8 Å². The second kappa shape index (κ2) is 7.09. The number of aryl methyl sites for hydroxylation is 2. The fourth-order valence-corrected chi connectivity index (χ4v) is 4.52. The van der Waals surface area contributed by atoms with Crippen molar-refractivity contribution < 1.29 is 8.42 Å². The zero-order valence-electron chi connectivity index (χ0n) is 13.2. The highest BCUT2D eigenvalue weighted by Gasteiger charge is 2.26. The maximum absolute atomic E-state index is 12.9. The Morgan fingerprint density at radius 3 is 1.85 bits per heavy atom. The second-order valence-electron chi connectivity index (χ2n) is 5.09. The number of sulfonamides is 1. The number of anilines is 1. The third-order valence-corrected chi connectivity index (χ3v) is 5.50. The van der Waals surface area contributed by atoms with E-state index in [4.69, 9.17) is 0 Å². The molecule has 0 unspecified atom stereocenters. The number of nitrogens with zero attached hydrogens (tertiary/aromatic N) is 1. The van der Waals surface area contributed by atoms with Gasteiger partial charge in [-0.15, -0.1) is 0 Å². The fraction of sp³-hybridized carbons (Fsp3) is 0.600. The van der Waals surface area contributed by atoms with Crippen LogP contribution in [0.2, 0.25) is 0 Å². The molecule has 0 bridgehead atoms. The topological polar surface area (TPSA) is 49.4 Å². The minimum absolute atomic E-state index is 0.457. The predicted octanol–water partition coefficient (Wildman–Crippen LogP) is 3.16. The van der Waals surface area contributed by atoms with E-state index in [2.05, 4.69) is 5.32 Å². The van der Waals surface area contributed by atoms with Gasteiger partial charge in [0.15, 0.2) is 0 Å². The van der Waals surface area contributed by atoms with Crippen LogP contribution in [-0.4, -0.2) is 32.9 Å². The third-order valence-electron chi connectivity index (χ3n) is 3.29. The molecular formula is C15H26N2O2S. The number of benzene rings is 1. The van der Waals surface area contributed by atoms with Crippen molar-refractivity contribution in [1.82, 2.24) is 4.31 Å². The van der Waals surface area contributed by atoms with E-state index in [1.165, 1.54) is 0 Å². The highest BCUT2D eigenvalue weighted by Crippen LogP contribution is 2.27. The molecule has 0 radical (unpaired) electrons. The molecule has 0 aliphatic rings. The van der Waals surface area contributed by atoms with Crippen LogP contribution in [0.25, 0.3) is 0 Å². The number of hydrogen-bond donors (Lipinski definition) is 1. The Morgan fingerprint density at radius 1 is 1.05 bits per heavy atom. The molecule has 1 N–H and O–H groups in total. The smallest absolute Gasteiger partial charge is 0.243 e. The molecule has 20 heavy (non-hydrogen) atoms. The fourth-order valence-electron chi connectivity index (χ4n) is 2.48. The van der Waals surface area contributed by atoms with Gasteiger partial charge in [0.2, 0.25) is 10.0 Å². The van der Waals surface area contributed by atoms with E-state index in [0.29, 0.717) is 18.0 Å². The number of rotatable bonds is 7. The van der Waals surface area contributed by atoms with Gasteiger partial charge >= 0.3 is 0 Å². The van der Waals surface area contributed by atoms with E-state index in [0.717, 1.165) is 29.7 Å². The largest absolute Gasteiger partial charge is 0.388 e. The van der Waals surface area contributed by atoms with Crippen molar-refractivity contribution in [3.63, 3.8) is 0 Å². The maximum Gasteiger partial charge on any atom is 0.243 e. The maximum atomic E-state index is 12.9. The monoisotopic (exact) mass is 298 g/mol. The van der Waals surface area contributed by atoms with E-state index in [1.807, 2.05) is 46.9 Å². The van der Waals surface area contributed by atoms with Gasteiger partial charge in [0.05, 0.1) is 4.90 Å². The highest BCUT2D eigenvalue weighted by atomic mass is 32.2. The van der Waals surface area contributed by atoms with E-state index in [-0.39, 0.29) is 0 Å². The Hall–Kier alpha value is -1.07. The SMILES string of the molecule is CCCN(CCC)S(=O)(=O)c1c(C)cc(NC)cc1C. The van der Waals surface area contributed by atoms with E-state index in [1.54, 1.807) is 4.31 Å². The third kappa shape index (κ3) is 3.52. The first-order chi connectivity index (χ1) is 9.38. The van der Waals surface area contributed by atoms with Crippen molar-refractivity contribution in [2.45, 2.75) is 45.4 Å². The molecule has 5 heteroatoms. The van der Waals surface area contributed by atoms with Crippen molar-refractivity contribution in [1.29, 1.82) is 0 Å². The molecule has 4 nitrogen and oxygen atoms in total. The first kappa shape index (κ1) is 17.0. The molecule has 0 saturated heterocycles. The molecule has 0 saturated carbocycles. The molecule has 0 aliphatic carbocycles. The Kier molecular flexibility index (Phi) is 6.02. The normalized spacial score (nSPS) is 11.9. The second-order valence-corrected chi connectivity index (χ2v) is 6.97. The van der Waals surface area contributed by atoms with Crippen LogP contribution in [-0.2, 0) is 10.0 Å². The lowest BCUT2D eigenvalue weighted by Gasteiger charge is -2.23. The summed E-state index contributed by atoms with van der Waals surface area (Å²) < 4.78 is 27.3. The first-order valence-electron chi connectivity index (χ1n) is 7.17. The zero-order chi connectivity index (χ0) is 15.3. The molecule has 114 valence electrons. The van der Waals surface area contributed by atoms with Crippen LogP contribution in [0.5, 0.6) is 0 Å². The standard InChI is InChI=1S/C15H26N2O2S/c1-6-8-17(9-7-2)20(18,19)15-12(3)10-14(16-5)11-13(15)4/h10-11,16H,6-9H2,1-5H3. The molecule has 0 heterocycles. The van der Waals surface area contributed by atoms with Crippen LogP contribution in [0.4, 0.5) is 5.69 Å². The van der Waals surface area contributed by atoms with Gasteiger partial charge in [-0.25, -0.2) is 8.42 Å². The Balaban J connectivity index is 3.33. The van der Waals surface area contributed by atoms with Crippen LogP contribution < -0.4 is 5.32 Å². The van der Waals surface area contributed by atoms with Gasteiger partial charge in [-0.2, -0.15) is 4.31 Å². The molecule has 1 aromatic carbocycles. The number of hydrogen-bond acceptors (Lipinski definition) is 3. The van der Waals surface area contributed by atoms with Gasteiger partial charge in [0, 0.05) is 25.8 Å². The van der Waals surface area contributed by atoms with Gasteiger partial charge in [0.25, 0.3) is 0 Å². The Labute approximate surface area is 123 Å². The van der Waals surface area contributed by atoms with Gasteiger partial charge < -0.3 is 5.32 Å². The molecule has 0 aliphatic heterocycles. The molecular weight excluding hydrogens is 272 g/mol. The summed E-state index contributed by atoms with van der Waals surface area (Å²) in [7, 11) is -1.57. The van der Waals surface area contributed by atoms with Crippen LogP contribution in [0.3, 0.4) is 0 Å². The van der Waals surface area contributed by atoms with Crippen molar-refractivity contribution in [3.05, 3.63) is 23.3 Å². The summed E-state index contributed by atoms with van der Waals surface area (Å²) in [6.45, 7) is 8.86. The average Bonchev–Trinajstić information content (AvgIpc) is 2.37. The van der Waals surface area contributed by atoms with Crippen LogP contribution in [0, 0.1) is 13.8 Å². The summed E-state index contributed by atoms with van der Waals surface area (Å²) in [5, 5.41) is 3.06. The van der Waals surface area contributed by atoms with Crippen molar-refractivity contribution in [2.75, 3.05) is 25.5 Å². The van der Waals surface area contributed by atoms with Gasteiger partial charge in [-0.3, -0.25) is 0 Å². The highest BCUT2D eigenvalue weighted by molar-refractivity contribution is 7.89. The lowest BCUT2D eigenvalue weighted by atomic mass is 10.1. The van der Waals surface area contributed by atoms with Crippen molar-refractivity contribution in [2.24, 2.45) is 0 Å². The number of nitrogens with one attached hydrogen (secondary N) is 1. The lowest BCUT2D eigenvalue weighted by molar-refractivity contribution is 0.409. The van der Waals surface area contributed by atoms with E-state index < -0.39 is 10.0 Å². The molecule has 0 fully saturated rings. The molecule has 0 amide bonds. The summed E-state index contributed by atoms with van der Waals surface area (Å²) in [5.74, 6) is 0. The summed E-state index contributed by atoms with van der Waals surface area (Å²) in [4.78, 5) is 0.457. The molecule has 1 rings (SSSR count). The molecule has 0 spiro atoms. The minimum atomic E-state index is -3.41. The van der Waals surface area contributed by atoms with Crippen molar-refractivity contribution >= 4 is 15.7 Å². The quantitative estimate of drug-likeness (QED) is 0.841. The molecule has 1 aromatic rings. The summed E-state index contributed by atoms with van der Waals surface area (Å²) in [6.07, 6.45) is 1.65. The molecule has 0 aromatic heterocycles. The van der Waals surface area contributed by atoms with Gasteiger partial charge in [0.1, 0.15) is 0 Å². The summed E-state index contributed by atoms with van der Waals surface area (Å²) in [6, 6.07) is 3.77. The average molecular weight is 298 g/mol. The Morgan fingerprint density at radius 2 is 1.50 bits per heavy atom. The van der Waals surface area contributed by atoms with Crippen molar-refractivity contribution in [3.8, 4) is 0 Å². The van der Waals surface area contributed by atoms with Gasteiger partial charge in [-0.05, 0) is 49.9 Å². The zero-order valence-corrected chi connectivity index (χ0v) is 14.0. The molecule has 0 atom stereocenters. The lowest BCUT2D eigenvalue weighted by Crippen LogP contribution is -2.33.